The molecular formula is C14H17BrN4O2. The van der Waals surface area contributed by atoms with Gasteiger partial charge in [0, 0.05) is 37.1 Å². The van der Waals surface area contributed by atoms with Gasteiger partial charge in [-0.3, -0.25) is 14.8 Å². The van der Waals surface area contributed by atoms with Gasteiger partial charge in [0.15, 0.2) is 0 Å². The number of aryl methyl sites for hydroxylation is 1. The highest BCUT2D eigenvalue weighted by atomic mass is 79.9. The van der Waals surface area contributed by atoms with Crippen molar-refractivity contribution < 1.29 is 4.92 Å². The van der Waals surface area contributed by atoms with Crippen molar-refractivity contribution in [2.24, 2.45) is 7.05 Å². The van der Waals surface area contributed by atoms with Gasteiger partial charge in [0.25, 0.3) is 5.69 Å². The first kappa shape index (κ1) is 15.5. The van der Waals surface area contributed by atoms with Gasteiger partial charge in [0.1, 0.15) is 0 Å². The molecule has 0 saturated heterocycles. The topological polar surface area (TPSA) is 73.0 Å². The monoisotopic (exact) mass is 352 g/mol. The van der Waals surface area contributed by atoms with E-state index < -0.39 is 4.92 Å². The molecule has 0 amide bonds. The van der Waals surface area contributed by atoms with E-state index in [4.69, 9.17) is 0 Å². The Morgan fingerprint density at radius 1 is 1.48 bits per heavy atom. The van der Waals surface area contributed by atoms with Crippen LogP contribution in [0.4, 0.5) is 11.4 Å². The number of nitrogens with zero attached hydrogens (tertiary/aromatic N) is 3. The average molecular weight is 353 g/mol. The van der Waals surface area contributed by atoms with Gasteiger partial charge in [-0.2, -0.15) is 5.10 Å². The van der Waals surface area contributed by atoms with E-state index in [0.717, 1.165) is 16.9 Å². The molecule has 0 spiro atoms. The fraction of sp³-hybridized carbons (Fsp3) is 0.357. The Morgan fingerprint density at radius 3 is 2.76 bits per heavy atom. The molecule has 112 valence electrons. The molecule has 1 aromatic heterocycles. The zero-order valence-electron chi connectivity index (χ0n) is 12.1. The van der Waals surface area contributed by atoms with E-state index in [1.54, 1.807) is 16.8 Å². The summed E-state index contributed by atoms with van der Waals surface area (Å²) in [4.78, 5) is 10.4. The van der Waals surface area contributed by atoms with Crippen LogP contribution in [0.3, 0.4) is 0 Å². The predicted octanol–water partition coefficient (Wildman–Crippen LogP) is 3.83. The molecule has 1 N–H and O–H groups in total. The summed E-state index contributed by atoms with van der Waals surface area (Å²) in [5.41, 5.74) is 3.07. The van der Waals surface area contributed by atoms with Crippen molar-refractivity contribution in [3.05, 3.63) is 50.2 Å². The second-order valence-electron chi connectivity index (χ2n) is 5.14. The number of halogens is 1. The molecule has 0 fully saturated rings. The molecule has 0 aliphatic rings. The smallest absolute Gasteiger partial charge is 0.283 e. The first-order valence-corrected chi connectivity index (χ1v) is 7.38. The molecule has 0 bridgehead atoms. The number of aromatic nitrogens is 2. The van der Waals surface area contributed by atoms with Gasteiger partial charge < -0.3 is 5.32 Å². The summed E-state index contributed by atoms with van der Waals surface area (Å²) in [5.74, 6) is 0.353. The van der Waals surface area contributed by atoms with Crippen molar-refractivity contribution in [1.29, 1.82) is 0 Å². The number of rotatable bonds is 5. The molecule has 0 saturated carbocycles. The molecule has 1 heterocycles. The predicted molar refractivity (Wildman–Crippen MR) is 85.4 cm³/mol. The minimum Gasteiger partial charge on any atom is -0.381 e. The Bertz CT molecular complexity index is 667. The highest BCUT2D eigenvalue weighted by Gasteiger charge is 2.13. The van der Waals surface area contributed by atoms with Gasteiger partial charge in [-0.1, -0.05) is 13.8 Å². The van der Waals surface area contributed by atoms with E-state index in [0.29, 0.717) is 16.9 Å². The maximum absolute atomic E-state index is 10.8. The lowest BCUT2D eigenvalue weighted by atomic mass is 10.1. The van der Waals surface area contributed by atoms with Gasteiger partial charge in [0.05, 0.1) is 15.1 Å². The summed E-state index contributed by atoms with van der Waals surface area (Å²) in [6.07, 6.45) is 1.99. The highest BCUT2D eigenvalue weighted by molar-refractivity contribution is 9.10. The second kappa shape index (κ2) is 6.26. The van der Waals surface area contributed by atoms with Crippen LogP contribution in [0.1, 0.15) is 31.0 Å². The van der Waals surface area contributed by atoms with Crippen LogP contribution < -0.4 is 5.32 Å². The van der Waals surface area contributed by atoms with Crippen LogP contribution in [0.2, 0.25) is 0 Å². The molecule has 0 unspecified atom stereocenters. The number of nitrogens with one attached hydrogen (secondary N) is 1. The quantitative estimate of drug-likeness (QED) is 0.655. The SMILES string of the molecule is CC(C)c1nn(C)cc1CNc1ccc([N+](=O)[O-])c(Br)c1. The fourth-order valence-electron chi connectivity index (χ4n) is 2.14. The maximum atomic E-state index is 10.8. The van der Waals surface area contributed by atoms with E-state index in [1.807, 2.05) is 13.2 Å². The molecular weight excluding hydrogens is 336 g/mol. The molecule has 1 aromatic carbocycles. The van der Waals surface area contributed by atoms with Gasteiger partial charge >= 0.3 is 0 Å². The number of benzene rings is 1. The maximum Gasteiger partial charge on any atom is 0.283 e. The van der Waals surface area contributed by atoms with Crippen LogP contribution in [0.15, 0.2) is 28.9 Å². The number of nitro groups is 1. The molecule has 7 heteroatoms. The van der Waals surface area contributed by atoms with E-state index in [-0.39, 0.29) is 5.69 Å². The van der Waals surface area contributed by atoms with Crippen LogP contribution in [0.5, 0.6) is 0 Å². The van der Waals surface area contributed by atoms with Crippen molar-refractivity contribution in [3.8, 4) is 0 Å². The highest BCUT2D eigenvalue weighted by Crippen LogP contribution is 2.28. The molecule has 0 aliphatic carbocycles. The van der Waals surface area contributed by atoms with E-state index in [2.05, 4.69) is 40.2 Å². The summed E-state index contributed by atoms with van der Waals surface area (Å²) >= 11 is 3.22. The number of hydrogen-bond donors (Lipinski definition) is 1. The Kier molecular flexibility index (Phi) is 4.62. The number of anilines is 1. The van der Waals surface area contributed by atoms with E-state index >= 15 is 0 Å². The van der Waals surface area contributed by atoms with E-state index in [1.165, 1.54) is 6.07 Å². The van der Waals surface area contributed by atoms with Gasteiger partial charge in [-0.15, -0.1) is 0 Å². The Morgan fingerprint density at radius 2 is 2.19 bits per heavy atom. The summed E-state index contributed by atoms with van der Waals surface area (Å²) < 4.78 is 2.27. The first-order valence-electron chi connectivity index (χ1n) is 6.58. The number of nitro benzene ring substituents is 1. The van der Waals surface area contributed by atoms with Gasteiger partial charge in [0.2, 0.25) is 0 Å². The second-order valence-corrected chi connectivity index (χ2v) is 6.00. The lowest BCUT2D eigenvalue weighted by Gasteiger charge is -2.08. The van der Waals surface area contributed by atoms with Crippen molar-refractivity contribution in [2.75, 3.05) is 5.32 Å². The normalized spacial score (nSPS) is 10.9. The summed E-state index contributed by atoms with van der Waals surface area (Å²) in [6.45, 7) is 4.84. The van der Waals surface area contributed by atoms with E-state index in [9.17, 15) is 10.1 Å². The lowest BCUT2D eigenvalue weighted by molar-refractivity contribution is -0.385. The van der Waals surface area contributed by atoms with Crippen LogP contribution in [-0.4, -0.2) is 14.7 Å². The fourth-order valence-corrected chi connectivity index (χ4v) is 2.66. The molecule has 0 aliphatic heterocycles. The van der Waals surface area contributed by atoms with Gasteiger partial charge in [-0.25, -0.2) is 0 Å². The van der Waals surface area contributed by atoms with Crippen LogP contribution in [0.25, 0.3) is 0 Å². The zero-order valence-corrected chi connectivity index (χ0v) is 13.7. The van der Waals surface area contributed by atoms with Crippen molar-refractivity contribution in [2.45, 2.75) is 26.3 Å². The first-order chi connectivity index (χ1) is 9.88. The third-order valence-electron chi connectivity index (χ3n) is 3.11. The molecule has 6 nitrogen and oxygen atoms in total. The minimum absolute atomic E-state index is 0.0600. The lowest BCUT2D eigenvalue weighted by Crippen LogP contribution is -2.03. The number of hydrogen-bond acceptors (Lipinski definition) is 4. The Labute approximate surface area is 131 Å². The Hall–Kier alpha value is -1.89. The summed E-state index contributed by atoms with van der Waals surface area (Å²) in [6, 6.07) is 4.90. The summed E-state index contributed by atoms with van der Waals surface area (Å²) in [5, 5.41) is 18.5. The molecule has 21 heavy (non-hydrogen) atoms. The van der Waals surface area contributed by atoms with Crippen molar-refractivity contribution in [3.63, 3.8) is 0 Å². The third-order valence-corrected chi connectivity index (χ3v) is 3.75. The standard InChI is InChI=1S/C14H17BrN4O2/c1-9(2)14-10(8-18(3)17-14)7-16-11-4-5-13(19(20)21)12(15)6-11/h4-6,8-9,16H,7H2,1-3H3. The average Bonchev–Trinajstić information content (AvgIpc) is 2.77. The van der Waals surface area contributed by atoms with Crippen LogP contribution >= 0.6 is 15.9 Å². The van der Waals surface area contributed by atoms with Crippen molar-refractivity contribution in [1.82, 2.24) is 9.78 Å². The zero-order chi connectivity index (χ0) is 15.6. The van der Waals surface area contributed by atoms with Crippen molar-refractivity contribution >= 4 is 27.3 Å². The van der Waals surface area contributed by atoms with Gasteiger partial charge in [-0.05, 0) is 34.0 Å². The molecule has 0 radical (unpaired) electrons. The van der Waals surface area contributed by atoms with Crippen LogP contribution in [-0.2, 0) is 13.6 Å². The third kappa shape index (κ3) is 3.60. The Balaban J connectivity index is 2.13. The molecule has 2 rings (SSSR count). The van der Waals surface area contributed by atoms with Crippen LogP contribution in [0, 0.1) is 10.1 Å². The minimum atomic E-state index is -0.411. The molecule has 2 aromatic rings. The summed E-state index contributed by atoms with van der Waals surface area (Å²) in [7, 11) is 1.90. The largest absolute Gasteiger partial charge is 0.381 e. The molecule has 0 atom stereocenters.